The van der Waals surface area contributed by atoms with Crippen LogP contribution in [-0.2, 0) is 4.79 Å². The van der Waals surface area contributed by atoms with Gasteiger partial charge in [0.05, 0.1) is 6.61 Å². The van der Waals surface area contributed by atoms with Gasteiger partial charge in [-0.25, -0.2) is 0 Å². The van der Waals surface area contributed by atoms with Crippen molar-refractivity contribution >= 4 is 5.78 Å². The summed E-state index contributed by atoms with van der Waals surface area (Å²) in [5, 5.41) is 8.80. The summed E-state index contributed by atoms with van der Waals surface area (Å²) in [4.78, 5) is 11.4. The summed E-state index contributed by atoms with van der Waals surface area (Å²) in [6, 6.07) is 0. The third-order valence-electron chi connectivity index (χ3n) is 2.26. The average molecular weight is 166 g/mol. The van der Waals surface area contributed by atoms with Gasteiger partial charge in [0.1, 0.15) is 0 Å². The summed E-state index contributed by atoms with van der Waals surface area (Å²) in [7, 11) is 0. The molecule has 0 bridgehead atoms. The Labute approximate surface area is 72.6 Å². The molecule has 12 heavy (non-hydrogen) atoms. The van der Waals surface area contributed by atoms with Crippen LogP contribution in [0.2, 0.25) is 0 Å². The molecule has 2 heteroatoms. The van der Waals surface area contributed by atoms with Crippen LogP contribution in [0.3, 0.4) is 0 Å². The van der Waals surface area contributed by atoms with Gasteiger partial charge >= 0.3 is 0 Å². The van der Waals surface area contributed by atoms with E-state index in [1.165, 1.54) is 0 Å². The molecule has 1 atom stereocenters. The monoisotopic (exact) mass is 166 g/mol. The van der Waals surface area contributed by atoms with Gasteiger partial charge in [-0.15, -0.1) is 0 Å². The van der Waals surface area contributed by atoms with Gasteiger partial charge in [0.25, 0.3) is 0 Å². The van der Waals surface area contributed by atoms with E-state index in [0.717, 1.165) is 18.4 Å². The van der Waals surface area contributed by atoms with Gasteiger partial charge in [-0.1, -0.05) is 12.2 Å². The SMILES string of the molecule is C=C(CO)[C@H]1CCC(C)=CC1=O. The fourth-order valence-electron chi connectivity index (χ4n) is 1.45. The summed E-state index contributed by atoms with van der Waals surface area (Å²) in [6.07, 6.45) is 3.41. The van der Waals surface area contributed by atoms with Gasteiger partial charge in [0.15, 0.2) is 5.78 Å². The maximum atomic E-state index is 11.4. The largest absolute Gasteiger partial charge is 0.392 e. The molecule has 1 aliphatic carbocycles. The number of rotatable bonds is 2. The molecule has 66 valence electrons. The van der Waals surface area contributed by atoms with Crippen LogP contribution in [-0.4, -0.2) is 17.5 Å². The Morgan fingerprint density at radius 3 is 3.00 bits per heavy atom. The minimum atomic E-state index is -0.140. The van der Waals surface area contributed by atoms with Crippen LogP contribution in [0.1, 0.15) is 19.8 Å². The van der Waals surface area contributed by atoms with Gasteiger partial charge in [-0.3, -0.25) is 4.79 Å². The smallest absolute Gasteiger partial charge is 0.162 e. The van der Waals surface area contributed by atoms with E-state index in [0.29, 0.717) is 5.57 Å². The fraction of sp³-hybridized carbons (Fsp3) is 0.500. The molecule has 0 aliphatic heterocycles. The van der Waals surface area contributed by atoms with E-state index < -0.39 is 0 Å². The third-order valence-corrected chi connectivity index (χ3v) is 2.26. The number of hydrogen-bond donors (Lipinski definition) is 1. The van der Waals surface area contributed by atoms with Crippen molar-refractivity contribution in [1.82, 2.24) is 0 Å². The van der Waals surface area contributed by atoms with E-state index in [1.807, 2.05) is 6.92 Å². The zero-order chi connectivity index (χ0) is 9.14. The standard InChI is InChI=1S/C10H14O2/c1-7-3-4-9(8(2)6-11)10(12)5-7/h5,9,11H,2-4,6H2,1H3/t9-/m1/s1. The van der Waals surface area contributed by atoms with E-state index >= 15 is 0 Å². The number of carbonyl (C=O) groups excluding carboxylic acids is 1. The molecule has 0 aromatic heterocycles. The molecular formula is C10H14O2. The van der Waals surface area contributed by atoms with E-state index in [9.17, 15) is 4.79 Å². The summed E-state index contributed by atoms with van der Waals surface area (Å²) in [5.74, 6) is -0.0449. The quantitative estimate of drug-likeness (QED) is 0.630. The molecule has 0 aromatic rings. The highest BCUT2D eigenvalue weighted by atomic mass is 16.3. The van der Waals surface area contributed by atoms with Gasteiger partial charge < -0.3 is 5.11 Å². The number of carbonyl (C=O) groups is 1. The molecule has 1 N–H and O–H groups in total. The topological polar surface area (TPSA) is 37.3 Å². The molecule has 0 aromatic carbocycles. The Bertz CT molecular complexity index is 238. The number of ketones is 1. The Balaban J connectivity index is 2.71. The molecule has 0 amide bonds. The number of allylic oxidation sites excluding steroid dienone is 2. The first-order chi connectivity index (χ1) is 5.65. The van der Waals surface area contributed by atoms with E-state index in [1.54, 1.807) is 6.08 Å². The Morgan fingerprint density at radius 1 is 1.83 bits per heavy atom. The van der Waals surface area contributed by atoms with E-state index in [4.69, 9.17) is 5.11 Å². The molecule has 0 radical (unpaired) electrons. The van der Waals surface area contributed by atoms with Crippen LogP contribution in [0.5, 0.6) is 0 Å². The minimum Gasteiger partial charge on any atom is -0.392 e. The average Bonchev–Trinajstić information content (AvgIpc) is 2.03. The van der Waals surface area contributed by atoms with Gasteiger partial charge in [0, 0.05) is 5.92 Å². The lowest BCUT2D eigenvalue weighted by Gasteiger charge is -2.19. The predicted molar refractivity (Wildman–Crippen MR) is 47.7 cm³/mol. The molecule has 0 fully saturated rings. The second-order valence-corrected chi connectivity index (χ2v) is 3.30. The highest BCUT2D eigenvalue weighted by molar-refractivity contribution is 5.95. The van der Waals surface area contributed by atoms with Gasteiger partial charge in [-0.2, -0.15) is 0 Å². The van der Waals surface area contributed by atoms with Crippen molar-refractivity contribution in [2.24, 2.45) is 5.92 Å². The summed E-state index contributed by atoms with van der Waals surface area (Å²) in [6.45, 7) is 5.55. The van der Waals surface area contributed by atoms with Crippen molar-refractivity contribution in [3.8, 4) is 0 Å². The Hall–Kier alpha value is -0.890. The molecule has 1 rings (SSSR count). The molecule has 0 saturated heterocycles. The van der Waals surface area contributed by atoms with E-state index in [-0.39, 0.29) is 18.3 Å². The van der Waals surface area contributed by atoms with Crippen molar-refractivity contribution < 1.29 is 9.90 Å². The van der Waals surface area contributed by atoms with Crippen LogP contribution >= 0.6 is 0 Å². The van der Waals surface area contributed by atoms with Crippen molar-refractivity contribution in [3.63, 3.8) is 0 Å². The molecule has 0 unspecified atom stereocenters. The molecule has 2 nitrogen and oxygen atoms in total. The lowest BCUT2D eigenvalue weighted by molar-refractivity contribution is -0.117. The summed E-state index contributed by atoms with van der Waals surface area (Å²) < 4.78 is 0. The fourth-order valence-corrected chi connectivity index (χ4v) is 1.45. The zero-order valence-electron chi connectivity index (χ0n) is 7.34. The number of hydrogen-bond acceptors (Lipinski definition) is 2. The predicted octanol–water partition coefficient (Wildman–Crippen LogP) is 1.46. The molecule has 0 saturated carbocycles. The minimum absolute atomic E-state index is 0.0801. The normalized spacial score (nSPS) is 23.7. The first kappa shape index (κ1) is 9.20. The summed E-state index contributed by atoms with van der Waals surface area (Å²) in [5.41, 5.74) is 1.77. The van der Waals surface area contributed by atoms with Gasteiger partial charge in [0.2, 0.25) is 0 Å². The summed E-state index contributed by atoms with van der Waals surface area (Å²) >= 11 is 0. The van der Waals surface area contributed by atoms with Crippen LogP contribution in [0.25, 0.3) is 0 Å². The third kappa shape index (κ3) is 1.83. The van der Waals surface area contributed by atoms with Crippen LogP contribution in [0.15, 0.2) is 23.8 Å². The maximum absolute atomic E-state index is 11.4. The lowest BCUT2D eigenvalue weighted by atomic mass is 9.85. The lowest BCUT2D eigenvalue weighted by Crippen LogP contribution is -2.20. The molecule has 0 heterocycles. The molecule has 0 spiro atoms. The number of aliphatic hydroxyl groups excluding tert-OH is 1. The van der Waals surface area contributed by atoms with Gasteiger partial charge in [-0.05, 0) is 31.4 Å². The zero-order valence-corrected chi connectivity index (χ0v) is 7.34. The van der Waals surface area contributed by atoms with Crippen LogP contribution in [0, 0.1) is 5.92 Å². The first-order valence-electron chi connectivity index (χ1n) is 4.14. The Kier molecular flexibility index (Phi) is 2.82. The van der Waals surface area contributed by atoms with E-state index in [2.05, 4.69) is 6.58 Å². The van der Waals surface area contributed by atoms with Crippen molar-refractivity contribution in [2.45, 2.75) is 19.8 Å². The van der Waals surface area contributed by atoms with Crippen molar-refractivity contribution in [1.29, 1.82) is 0 Å². The second kappa shape index (κ2) is 3.68. The highest BCUT2D eigenvalue weighted by Crippen LogP contribution is 2.25. The molecular weight excluding hydrogens is 152 g/mol. The second-order valence-electron chi connectivity index (χ2n) is 3.30. The molecule has 1 aliphatic rings. The van der Waals surface area contributed by atoms with Crippen molar-refractivity contribution in [3.05, 3.63) is 23.8 Å². The Morgan fingerprint density at radius 2 is 2.50 bits per heavy atom. The maximum Gasteiger partial charge on any atom is 0.162 e. The van der Waals surface area contributed by atoms with Crippen molar-refractivity contribution in [2.75, 3.05) is 6.61 Å². The highest BCUT2D eigenvalue weighted by Gasteiger charge is 2.22. The first-order valence-corrected chi connectivity index (χ1v) is 4.14. The van der Waals surface area contributed by atoms with Crippen LogP contribution < -0.4 is 0 Å². The van der Waals surface area contributed by atoms with Crippen LogP contribution in [0.4, 0.5) is 0 Å². The number of aliphatic hydroxyl groups is 1.